The molecule has 3 aromatic carbocycles. The number of fused-ring (bicyclic) bond motifs is 1. The number of carbonyl (C=O) groups is 1. The minimum Gasteiger partial charge on any atom is -0.497 e. The maximum atomic E-state index is 13.7. The number of methoxy groups -OCH3 is 2. The monoisotopic (exact) mass is 492 g/mol. The molecule has 0 bridgehead atoms. The average molecular weight is 493 g/mol. The van der Waals surface area contributed by atoms with Crippen molar-refractivity contribution in [1.29, 1.82) is 0 Å². The van der Waals surface area contributed by atoms with Crippen molar-refractivity contribution in [2.45, 2.75) is 18.0 Å². The first-order chi connectivity index (χ1) is 16.8. The number of ether oxygens (including phenoxy) is 2. The van der Waals surface area contributed by atoms with Gasteiger partial charge in [0, 0.05) is 29.6 Å². The van der Waals surface area contributed by atoms with Gasteiger partial charge in [0.15, 0.2) is 0 Å². The summed E-state index contributed by atoms with van der Waals surface area (Å²) in [5.74, 6) is -0.0273. The van der Waals surface area contributed by atoms with Crippen molar-refractivity contribution in [2.24, 2.45) is 0 Å². The molecular weight excluding hydrogens is 468 g/mol. The van der Waals surface area contributed by atoms with E-state index in [1.807, 2.05) is 30.3 Å². The van der Waals surface area contributed by atoms with E-state index >= 15 is 0 Å². The van der Waals surface area contributed by atoms with Gasteiger partial charge >= 0.3 is 5.97 Å². The van der Waals surface area contributed by atoms with E-state index in [-0.39, 0.29) is 34.7 Å². The highest BCUT2D eigenvalue weighted by Crippen LogP contribution is 2.24. The molecule has 4 rings (SSSR count). The van der Waals surface area contributed by atoms with Gasteiger partial charge in [0.2, 0.25) is 10.0 Å². The quantitative estimate of drug-likeness (QED) is 0.376. The van der Waals surface area contributed by atoms with Crippen LogP contribution in [0, 0.1) is 0 Å². The van der Waals surface area contributed by atoms with E-state index in [9.17, 15) is 18.0 Å². The van der Waals surface area contributed by atoms with Crippen LogP contribution in [0.2, 0.25) is 0 Å². The van der Waals surface area contributed by atoms with Crippen LogP contribution in [-0.4, -0.2) is 37.9 Å². The third kappa shape index (κ3) is 5.26. The Balaban J connectivity index is 1.78. The zero-order valence-corrected chi connectivity index (χ0v) is 20.0. The molecule has 0 fully saturated rings. The van der Waals surface area contributed by atoms with E-state index in [1.54, 1.807) is 31.4 Å². The lowest BCUT2D eigenvalue weighted by Crippen LogP contribution is -2.32. The number of nitrogens with zero attached hydrogens (tertiary/aromatic N) is 1. The molecular formula is C26H24N2O6S. The molecule has 0 spiro atoms. The molecule has 0 aliphatic carbocycles. The maximum Gasteiger partial charge on any atom is 0.337 e. The van der Waals surface area contributed by atoms with Gasteiger partial charge in [0.05, 0.1) is 24.7 Å². The molecule has 1 aromatic heterocycles. The SMILES string of the molecule is COC(=O)c1cccc(S(=O)(=O)N(Cc2ccccc2)Cc2cc3cc(OC)ccc3[nH]c2=O)c1. The van der Waals surface area contributed by atoms with Crippen LogP contribution in [-0.2, 0) is 27.8 Å². The number of sulfonamides is 1. The largest absolute Gasteiger partial charge is 0.497 e. The highest BCUT2D eigenvalue weighted by Gasteiger charge is 2.27. The lowest BCUT2D eigenvalue weighted by Gasteiger charge is -2.23. The molecule has 8 nitrogen and oxygen atoms in total. The van der Waals surface area contributed by atoms with E-state index in [2.05, 4.69) is 4.98 Å². The molecule has 9 heteroatoms. The van der Waals surface area contributed by atoms with Crippen molar-refractivity contribution in [3.05, 3.63) is 106 Å². The molecule has 0 saturated carbocycles. The van der Waals surface area contributed by atoms with Crippen molar-refractivity contribution in [1.82, 2.24) is 9.29 Å². The third-order valence-electron chi connectivity index (χ3n) is 5.57. The summed E-state index contributed by atoms with van der Waals surface area (Å²) < 4.78 is 38.7. The molecule has 0 aliphatic heterocycles. The van der Waals surface area contributed by atoms with Gasteiger partial charge in [-0.05, 0) is 48.0 Å². The fourth-order valence-corrected chi connectivity index (χ4v) is 5.18. The van der Waals surface area contributed by atoms with Gasteiger partial charge in [-0.3, -0.25) is 4.79 Å². The van der Waals surface area contributed by atoms with Crippen molar-refractivity contribution >= 4 is 26.9 Å². The van der Waals surface area contributed by atoms with Gasteiger partial charge in [0.25, 0.3) is 5.56 Å². The van der Waals surface area contributed by atoms with Crippen LogP contribution in [0.25, 0.3) is 10.9 Å². The van der Waals surface area contributed by atoms with E-state index < -0.39 is 16.0 Å². The summed E-state index contributed by atoms with van der Waals surface area (Å²) in [5.41, 5.74) is 1.36. The van der Waals surface area contributed by atoms with Crippen LogP contribution in [0.3, 0.4) is 0 Å². The first-order valence-corrected chi connectivity index (χ1v) is 12.2. The van der Waals surface area contributed by atoms with E-state index in [1.165, 1.54) is 35.7 Å². The Kier molecular flexibility index (Phi) is 6.99. The second kappa shape index (κ2) is 10.1. The predicted molar refractivity (Wildman–Crippen MR) is 132 cm³/mol. The van der Waals surface area contributed by atoms with Gasteiger partial charge < -0.3 is 14.5 Å². The Morgan fingerprint density at radius 1 is 0.914 bits per heavy atom. The number of hydrogen-bond acceptors (Lipinski definition) is 6. The standard InChI is InChI=1S/C26H24N2O6S/c1-33-22-11-12-24-20(14-22)13-21(25(29)27-24)17-28(16-18-7-4-3-5-8-18)35(31,32)23-10-6-9-19(15-23)26(30)34-2/h3-15H,16-17H2,1-2H3,(H,27,29). The number of aromatic nitrogens is 1. The van der Waals surface area contributed by atoms with Crippen LogP contribution in [0.5, 0.6) is 5.75 Å². The second-order valence-electron chi connectivity index (χ2n) is 7.85. The molecule has 0 atom stereocenters. The van der Waals surface area contributed by atoms with Crippen LogP contribution in [0.4, 0.5) is 0 Å². The normalized spacial score (nSPS) is 11.5. The minimum atomic E-state index is -4.10. The summed E-state index contributed by atoms with van der Waals surface area (Å²) in [6.07, 6.45) is 0. The van der Waals surface area contributed by atoms with Gasteiger partial charge in [-0.2, -0.15) is 4.31 Å². The number of aromatic amines is 1. The Hall–Kier alpha value is -3.95. The highest BCUT2D eigenvalue weighted by atomic mass is 32.2. The Morgan fingerprint density at radius 2 is 1.69 bits per heavy atom. The molecule has 0 saturated heterocycles. The zero-order chi connectivity index (χ0) is 25.0. The molecule has 1 N–H and O–H groups in total. The van der Waals surface area contributed by atoms with Crippen molar-refractivity contribution in [3.8, 4) is 5.75 Å². The summed E-state index contributed by atoms with van der Waals surface area (Å²) in [4.78, 5) is 27.6. The van der Waals surface area contributed by atoms with Crippen molar-refractivity contribution in [2.75, 3.05) is 14.2 Å². The number of nitrogens with one attached hydrogen (secondary N) is 1. The van der Waals surface area contributed by atoms with Crippen LogP contribution in [0.1, 0.15) is 21.5 Å². The highest BCUT2D eigenvalue weighted by molar-refractivity contribution is 7.89. The number of hydrogen-bond donors (Lipinski definition) is 1. The number of benzene rings is 3. The number of H-pyrrole nitrogens is 1. The maximum absolute atomic E-state index is 13.7. The summed E-state index contributed by atoms with van der Waals surface area (Å²) in [7, 11) is -1.32. The lowest BCUT2D eigenvalue weighted by atomic mass is 10.1. The third-order valence-corrected chi connectivity index (χ3v) is 7.36. The summed E-state index contributed by atoms with van der Waals surface area (Å²) in [6.45, 7) is -0.149. The van der Waals surface area contributed by atoms with Gasteiger partial charge in [-0.25, -0.2) is 13.2 Å². The van der Waals surface area contributed by atoms with Gasteiger partial charge in [-0.15, -0.1) is 0 Å². The van der Waals surface area contributed by atoms with Gasteiger partial charge in [-0.1, -0.05) is 36.4 Å². The van der Waals surface area contributed by atoms with Crippen LogP contribution < -0.4 is 10.3 Å². The van der Waals surface area contributed by atoms with E-state index in [4.69, 9.17) is 9.47 Å². The smallest absolute Gasteiger partial charge is 0.337 e. The molecule has 0 amide bonds. The van der Waals surface area contributed by atoms with Crippen LogP contribution >= 0.6 is 0 Å². The number of pyridine rings is 1. The number of carbonyl (C=O) groups excluding carboxylic acids is 1. The van der Waals surface area contributed by atoms with Crippen LogP contribution in [0.15, 0.2) is 88.6 Å². The molecule has 0 unspecified atom stereocenters. The molecule has 4 aromatic rings. The topological polar surface area (TPSA) is 106 Å². The first-order valence-electron chi connectivity index (χ1n) is 10.7. The second-order valence-corrected chi connectivity index (χ2v) is 9.79. The average Bonchev–Trinajstić information content (AvgIpc) is 2.88. The van der Waals surface area contributed by atoms with Crippen molar-refractivity contribution < 1.29 is 22.7 Å². The van der Waals surface area contributed by atoms with E-state index in [0.717, 1.165) is 5.56 Å². The zero-order valence-electron chi connectivity index (χ0n) is 19.2. The molecule has 180 valence electrons. The van der Waals surface area contributed by atoms with Gasteiger partial charge in [0.1, 0.15) is 5.75 Å². The Bertz CT molecular complexity index is 1530. The lowest BCUT2D eigenvalue weighted by molar-refractivity contribution is 0.0600. The molecule has 0 radical (unpaired) electrons. The number of esters is 1. The summed E-state index contributed by atoms with van der Waals surface area (Å²) in [5, 5.41) is 0.712. The predicted octanol–water partition coefficient (Wildman–Crippen LogP) is 3.71. The summed E-state index contributed by atoms with van der Waals surface area (Å²) >= 11 is 0. The Labute approximate surface area is 202 Å². The fourth-order valence-electron chi connectivity index (χ4n) is 3.73. The molecule has 1 heterocycles. The fraction of sp³-hybridized carbons (Fsp3) is 0.154. The first kappa shape index (κ1) is 24.2. The molecule has 35 heavy (non-hydrogen) atoms. The minimum absolute atomic E-state index is 0.0290. The number of rotatable bonds is 8. The molecule has 0 aliphatic rings. The van der Waals surface area contributed by atoms with Crippen molar-refractivity contribution in [3.63, 3.8) is 0 Å². The Morgan fingerprint density at radius 3 is 2.40 bits per heavy atom. The summed E-state index contributed by atoms with van der Waals surface area (Å²) in [6, 6.07) is 21.6. The van der Waals surface area contributed by atoms with E-state index in [0.29, 0.717) is 16.7 Å².